The lowest BCUT2D eigenvalue weighted by Crippen LogP contribution is -2.16. The van der Waals surface area contributed by atoms with Crippen molar-refractivity contribution in [1.29, 1.82) is 0 Å². The molecule has 0 bridgehead atoms. The molecule has 0 aliphatic carbocycles. The number of nitrogens with zero attached hydrogens (tertiary/aromatic N) is 2. The summed E-state index contributed by atoms with van der Waals surface area (Å²) in [5, 5.41) is 17.4. The number of carbonyl (C=O) groups excluding carboxylic acids is 1. The third-order valence-electron chi connectivity index (χ3n) is 2.02. The number of rotatable bonds is 3. The van der Waals surface area contributed by atoms with Crippen molar-refractivity contribution in [2.45, 2.75) is 0 Å². The highest BCUT2D eigenvalue weighted by molar-refractivity contribution is 6.05. The summed E-state index contributed by atoms with van der Waals surface area (Å²) < 4.78 is 0. The van der Waals surface area contributed by atoms with Gasteiger partial charge in [0, 0.05) is 12.4 Å². The van der Waals surface area contributed by atoms with Gasteiger partial charge in [-0.15, -0.1) is 0 Å². The van der Waals surface area contributed by atoms with Gasteiger partial charge in [0.05, 0.1) is 0 Å². The molecule has 86 valence electrons. The highest BCUT2D eigenvalue weighted by Crippen LogP contribution is 2.12. The van der Waals surface area contributed by atoms with Gasteiger partial charge in [0.2, 0.25) is 0 Å². The maximum atomic E-state index is 11.6. The zero-order valence-corrected chi connectivity index (χ0v) is 8.54. The van der Waals surface area contributed by atoms with Crippen molar-refractivity contribution in [2.24, 2.45) is 0 Å². The molecule has 0 fully saturated rings. The standard InChI is InChI=1S/C10H8N4O3/c15-9(7-3-5-12-14-7)13-8-6(10(16)17)2-1-4-11-8/h1-5H,(H,12,14)(H,16,17)(H,11,13,15). The van der Waals surface area contributed by atoms with Gasteiger partial charge < -0.3 is 10.4 Å². The van der Waals surface area contributed by atoms with Crippen molar-refractivity contribution in [3.63, 3.8) is 0 Å². The van der Waals surface area contributed by atoms with Crippen LogP contribution in [-0.4, -0.2) is 32.2 Å². The number of amides is 1. The number of H-pyrrole nitrogens is 1. The van der Waals surface area contributed by atoms with Crippen LogP contribution in [-0.2, 0) is 0 Å². The first-order chi connectivity index (χ1) is 8.18. The molecule has 1 amide bonds. The van der Waals surface area contributed by atoms with Crippen molar-refractivity contribution in [3.05, 3.63) is 41.9 Å². The normalized spacial score (nSPS) is 9.88. The minimum Gasteiger partial charge on any atom is -0.478 e. The molecule has 0 saturated heterocycles. The molecule has 0 unspecified atom stereocenters. The predicted molar refractivity (Wildman–Crippen MR) is 57.7 cm³/mol. The van der Waals surface area contributed by atoms with Gasteiger partial charge in [0.15, 0.2) is 0 Å². The zero-order chi connectivity index (χ0) is 12.3. The molecular weight excluding hydrogens is 224 g/mol. The Balaban J connectivity index is 2.25. The Bertz CT molecular complexity index is 550. The van der Waals surface area contributed by atoms with Gasteiger partial charge in [0.1, 0.15) is 17.1 Å². The Kier molecular flexibility index (Phi) is 2.82. The fourth-order valence-corrected chi connectivity index (χ4v) is 1.23. The van der Waals surface area contributed by atoms with Crippen LogP contribution >= 0.6 is 0 Å². The first-order valence-corrected chi connectivity index (χ1v) is 4.67. The van der Waals surface area contributed by atoms with E-state index in [4.69, 9.17) is 5.11 Å². The topological polar surface area (TPSA) is 108 Å². The van der Waals surface area contributed by atoms with Gasteiger partial charge in [-0.1, -0.05) is 0 Å². The van der Waals surface area contributed by atoms with E-state index in [0.29, 0.717) is 0 Å². The molecule has 3 N–H and O–H groups in total. The van der Waals surface area contributed by atoms with Crippen molar-refractivity contribution in [1.82, 2.24) is 15.2 Å². The van der Waals surface area contributed by atoms with Gasteiger partial charge in [0.25, 0.3) is 5.91 Å². The lowest BCUT2D eigenvalue weighted by Gasteiger charge is -2.05. The number of aromatic amines is 1. The van der Waals surface area contributed by atoms with Crippen LogP contribution in [0.1, 0.15) is 20.8 Å². The molecule has 7 nitrogen and oxygen atoms in total. The van der Waals surface area contributed by atoms with Gasteiger partial charge in [-0.05, 0) is 18.2 Å². The molecule has 0 aromatic carbocycles. The molecule has 7 heteroatoms. The third-order valence-corrected chi connectivity index (χ3v) is 2.02. The van der Waals surface area contributed by atoms with E-state index < -0.39 is 11.9 Å². The number of pyridine rings is 1. The second-order valence-corrected chi connectivity index (χ2v) is 3.13. The second-order valence-electron chi connectivity index (χ2n) is 3.13. The van der Waals surface area contributed by atoms with Crippen LogP contribution in [0.15, 0.2) is 30.6 Å². The van der Waals surface area contributed by atoms with Crippen molar-refractivity contribution in [2.75, 3.05) is 5.32 Å². The number of carboxylic acid groups (broad SMARTS) is 1. The van der Waals surface area contributed by atoms with Gasteiger partial charge >= 0.3 is 5.97 Å². The minimum atomic E-state index is -1.15. The molecule has 2 aromatic rings. The van der Waals surface area contributed by atoms with Crippen molar-refractivity contribution < 1.29 is 14.7 Å². The number of aromatic carboxylic acids is 1. The number of hydrogen-bond donors (Lipinski definition) is 3. The monoisotopic (exact) mass is 232 g/mol. The second kappa shape index (κ2) is 4.44. The van der Waals surface area contributed by atoms with Crippen molar-refractivity contribution in [3.8, 4) is 0 Å². The zero-order valence-electron chi connectivity index (χ0n) is 8.54. The predicted octanol–water partition coefficient (Wildman–Crippen LogP) is 0.755. The summed E-state index contributed by atoms with van der Waals surface area (Å²) in [6.45, 7) is 0. The highest BCUT2D eigenvalue weighted by Gasteiger charge is 2.14. The van der Waals surface area contributed by atoms with Gasteiger partial charge in [-0.25, -0.2) is 9.78 Å². The first-order valence-electron chi connectivity index (χ1n) is 4.67. The van der Waals surface area contributed by atoms with E-state index in [1.165, 1.54) is 30.6 Å². The number of carbonyl (C=O) groups is 2. The molecule has 17 heavy (non-hydrogen) atoms. The molecular formula is C10H8N4O3. The van der Waals surface area contributed by atoms with E-state index in [-0.39, 0.29) is 17.1 Å². The lowest BCUT2D eigenvalue weighted by molar-refractivity contribution is 0.0697. The molecule has 0 radical (unpaired) electrons. The first kappa shape index (κ1) is 10.8. The minimum absolute atomic E-state index is 0.000370. The summed E-state index contributed by atoms with van der Waals surface area (Å²) in [6, 6.07) is 4.31. The molecule has 0 aliphatic rings. The van der Waals surface area contributed by atoms with Crippen LogP contribution < -0.4 is 5.32 Å². The molecule has 2 rings (SSSR count). The Morgan fingerprint density at radius 3 is 2.76 bits per heavy atom. The van der Waals surface area contributed by atoms with E-state index in [1.807, 2.05) is 0 Å². The third kappa shape index (κ3) is 2.28. The summed E-state index contributed by atoms with van der Waals surface area (Å²) in [6.07, 6.45) is 2.82. The highest BCUT2D eigenvalue weighted by atomic mass is 16.4. The van der Waals surface area contributed by atoms with E-state index in [9.17, 15) is 9.59 Å². The van der Waals surface area contributed by atoms with Crippen LogP contribution in [0.2, 0.25) is 0 Å². The fraction of sp³-hybridized carbons (Fsp3) is 0. The van der Waals surface area contributed by atoms with Crippen LogP contribution in [0, 0.1) is 0 Å². The van der Waals surface area contributed by atoms with E-state index in [2.05, 4.69) is 20.5 Å². The van der Waals surface area contributed by atoms with Crippen LogP contribution in [0.3, 0.4) is 0 Å². The number of anilines is 1. The van der Waals surface area contributed by atoms with E-state index >= 15 is 0 Å². The molecule has 2 aromatic heterocycles. The number of aromatic nitrogens is 3. The van der Waals surface area contributed by atoms with Gasteiger partial charge in [-0.2, -0.15) is 5.10 Å². The summed E-state index contributed by atoms with van der Waals surface area (Å²) in [5.74, 6) is -1.65. The lowest BCUT2D eigenvalue weighted by atomic mass is 10.2. The number of nitrogens with one attached hydrogen (secondary N) is 2. The van der Waals surface area contributed by atoms with E-state index in [1.54, 1.807) is 0 Å². The summed E-state index contributed by atoms with van der Waals surface area (Å²) in [7, 11) is 0. The van der Waals surface area contributed by atoms with Crippen LogP contribution in [0.25, 0.3) is 0 Å². The Morgan fingerprint density at radius 2 is 2.12 bits per heavy atom. The number of carboxylic acids is 1. The number of hydrogen-bond acceptors (Lipinski definition) is 4. The average Bonchev–Trinajstić information content (AvgIpc) is 2.83. The van der Waals surface area contributed by atoms with Crippen LogP contribution in [0.4, 0.5) is 5.82 Å². The smallest absolute Gasteiger partial charge is 0.339 e. The molecule has 0 spiro atoms. The molecule has 2 heterocycles. The maximum Gasteiger partial charge on any atom is 0.339 e. The Morgan fingerprint density at radius 1 is 1.29 bits per heavy atom. The largest absolute Gasteiger partial charge is 0.478 e. The molecule has 0 saturated carbocycles. The molecule has 0 atom stereocenters. The Labute approximate surface area is 95.5 Å². The van der Waals surface area contributed by atoms with Crippen LogP contribution in [0.5, 0.6) is 0 Å². The fourth-order valence-electron chi connectivity index (χ4n) is 1.23. The summed E-state index contributed by atoms with van der Waals surface area (Å²) >= 11 is 0. The summed E-state index contributed by atoms with van der Waals surface area (Å²) in [5.41, 5.74) is 0.160. The molecule has 0 aliphatic heterocycles. The SMILES string of the molecule is O=C(Nc1ncccc1C(=O)O)c1ccn[nH]1. The summed E-state index contributed by atoms with van der Waals surface area (Å²) in [4.78, 5) is 26.3. The maximum absolute atomic E-state index is 11.6. The van der Waals surface area contributed by atoms with Gasteiger partial charge in [-0.3, -0.25) is 9.89 Å². The van der Waals surface area contributed by atoms with Crippen molar-refractivity contribution >= 4 is 17.7 Å². The quantitative estimate of drug-likeness (QED) is 0.723. The Hall–Kier alpha value is -2.70. The van der Waals surface area contributed by atoms with E-state index in [0.717, 1.165) is 0 Å². The average molecular weight is 232 g/mol.